The molecular formula is C20H21Cl2FN4O2. The smallest absolute Gasteiger partial charge is 0.234 e. The van der Waals surface area contributed by atoms with Gasteiger partial charge < -0.3 is 20.7 Å². The first-order valence-corrected chi connectivity index (χ1v) is 9.44. The van der Waals surface area contributed by atoms with Crippen LogP contribution in [0.15, 0.2) is 24.4 Å². The molecule has 0 unspecified atom stereocenters. The third-order valence-electron chi connectivity index (χ3n) is 3.70. The van der Waals surface area contributed by atoms with E-state index in [1.165, 1.54) is 18.3 Å². The summed E-state index contributed by atoms with van der Waals surface area (Å²) in [5, 5.41) is 3.03. The second kappa shape index (κ2) is 10.9. The summed E-state index contributed by atoms with van der Waals surface area (Å²) in [6.07, 6.45) is 1.81. The lowest BCUT2D eigenvalue weighted by molar-refractivity contribution is -0.121. The number of benzene rings is 1. The number of pyridine rings is 1. The van der Waals surface area contributed by atoms with E-state index in [2.05, 4.69) is 22.1 Å². The zero-order valence-corrected chi connectivity index (χ0v) is 17.6. The van der Waals surface area contributed by atoms with Crippen LogP contribution in [0.2, 0.25) is 10.0 Å². The number of aromatic nitrogens is 1. The fraction of sp³-hybridized carbons (Fsp3) is 0.300. The highest BCUT2D eigenvalue weighted by Gasteiger charge is 2.11. The first-order valence-electron chi connectivity index (χ1n) is 8.69. The number of nitrogen functional groups attached to an aromatic ring is 1. The minimum atomic E-state index is -0.540. The van der Waals surface area contributed by atoms with Crippen molar-refractivity contribution in [2.75, 3.05) is 39.5 Å². The number of hydrogen-bond donors (Lipinski definition) is 2. The van der Waals surface area contributed by atoms with Gasteiger partial charge in [-0.1, -0.05) is 35.0 Å². The quantitative estimate of drug-likeness (QED) is 0.513. The minimum absolute atomic E-state index is 0.0249. The zero-order chi connectivity index (χ0) is 21.4. The SMILES string of the molecule is CN(C)CC(=O)NCC#Cc1cnc(N)c(OCCc2c(Cl)ccc(F)c2Cl)c1. The molecule has 2 aromatic rings. The van der Waals surface area contributed by atoms with Crippen LogP contribution in [0.4, 0.5) is 10.2 Å². The summed E-state index contributed by atoms with van der Waals surface area (Å²) >= 11 is 12.0. The summed E-state index contributed by atoms with van der Waals surface area (Å²) in [7, 11) is 3.62. The highest BCUT2D eigenvalue weighted by Crippen LogP contribution is 2.28. The van der Waals surface area contributed by atoms with Crippen LogP contribution < -0.4 is 15.8 Å². The summed E-state index contributed by atoms with van der Waals surface area (Å²) in [6.45, 7) is 0.679. The summed E-state index contributed by atoms with van der Waals surface area (Å²) in [4.78, 5) is 17.4. The number of likely N-dealkylation sites (N-methyl/N-ethyl adjacent to an activating group) is 1. The van der Waals surface area contributed by atoms with Gasteiger partial charge in [0.25, 0.3) is 0 Å². The zero-order valence-electron chi connectivity index (χ0n) is 16.1. The van der Waals surface area contributed by atoms with Crippen LogP contribution in [0.1, 0.15) is 11.1 Å². The van der Waals surface area contributed by atoms with Crippen LogP contribution in [-0.2, 0) is 11.2 Å². The molecule has 0 atom stereocenters. The second-order valence-corrected chi connectivity index (χ2v) is 7.13. The van der Waals surface area contributed by atoms with Gasteiger partial charge in [-0.3, -0.25) is 4.79 Å². The van der Waals surface area contributed by atoms with Crippen LogP contribution in [0, 0.1) is 17.7 Å². The van der Waals surface area contributed by atoms with E-state index in [0.717, 1.165) is 0 Å². The monoisotopic (exact) mass is 438 g/mol. The number of amides is 1. The minimum Gasteiger partial charge on any atom is -0.489 e. The van der Waals surface area contributed by atoms with Gasteiger partial charge in [-0.25, -0.2) is 9.37 Å². The number of nitrogens with one attached hydrogen (secondary N) is 1. The fourth-order valence-corrected chi connectivity index (χ4v) is 2.89. The maximum atomic E-state index is 13.6. The molecule has 0 saturated heterocycles. The second-order valence-electron chi connectivity index (χ2n) is 6.34. The molecule has 29 heavy (non-hydrogen) atoms. The lowest BCUT2D eigenvalue weighted by Gasteiger charge is -2.11. The highest BCUT2D eigenvalue weighted by molar-refractivity contribution is 6.36. The molecule has 1 aromatic carbocycles. The Hall–Kier alpha value is -2.53. The van der Waals surface area contributed by atoms with Gasteiger partial charge >= 0.3 is 0 Å². The Labute approximate surface area is 179 Å². The van der Waals surface area contributed by atoms with Crippen LogP contribution in [0.3, 0.4) is 0 Å². The van der Waals surface area contributed by atoms with E-state index in [9.17, 15) is 9.18 Å². The molecule has 0 fully saturated rings. The van der Waals surface area contributed by atoms with Crippen LogP contribution in [0.25, 0.3) is 0 Å². The molecule has 154 valence electrons. The molecule has 9 heteroatoms. The van der Waals surface area contributed by atoms with Crippen molar-refractivity contribution >= 4 is 34.9 Å². The van der Waals surface area contributed by atoms with E-state index < -0.39 is 5.82 Å². The third-order valence-corrected chi connectivity index (χ3v) is 4.46. The molecule has 1 heterocycles. The Bertz CT molecular complexity index is 942. The molecule has 0 aliphatic rings. The van der Waals surface area contributed by atoms with Crippen LogP contribution in [0.5, 0.6) is 5.75 Å². The molecule has 0 bridgehead atoms. The maximum Gasteiger partial charge on any atom is 0.234 e. The number of carbonyl (C=O) groups is 1. The Morgan fingerprint density at radius 1 is 1.38 bits per heavy atom. The van der Waals surface area contributed by atoms with Gasteiger partial charge in [0, 0.05) is 29.3 Å². The maximum absolute atomic E-state index is 13.6. The first-order chi connectivity index (χ1) is 13.8. The number of anilines is 1. The van der Waals surface area contributed by atoms with Gasteiger partial charge in [-0.2, -0.15) is 0 Å². The highest BCUT2D eigenvalue weighted by atomic mass is 35.5. The summed E-state index contributed by atoms with van der Waals surface area (Å²) in [5.41, 5.74) is 6.88. The molecule has 0 saturated carbocycles. The molecule has 3 N–H and O–H groups in total. The van der Waals surface area contributed by atoms with Gasteiger partial charge in [0.2, 0.25) is 5.91 Å². The standard InChI is InChI=1S/C20H21Cl2FN4O2/c1-27(2)12-18(28)25-8-3-4-13-10-17(20(24)26-11-13)29-9-7-14-15(21)5-6-16(23)19(14)22/h5-6,10-11H,7-9,12H2,1-2H3,(H2,24,26)(H,25,28). The largest absolute Gasteiger partial charge is 0.489 e. The number of nitrogens with two attached hydrogens (primary N) is 1. The van der Waals surface area contributed by atoms with Crippen LogP contribution >= 0.6 is 23.2 Å². The van der Waals surface area contributed by atoms with Crippen molar-refractivity contribution in [1.29, 1.82) is 0 Å². The number of ether oxygens (including phenoxy) is 1. The molecule has 1 amide bonds. The average molecular weight is 439 g/mol. The van der Waals surface area contributed by atoms with E-state index in [1.807, 2.05) is 14.1 Å². The van der Waals surface area contributed by atoms with E-state index in [4.69, 9.17) is 33.7 Å². The number of carbonyl (C=O) groups excluding carboxylic acids is 1. The Kier molecular flexibility index (Phi) is 8.52. The van der Waals surface area contributed by atoms with Crippen molar-refractivity contribution in [3.05, 3.63) is 51.4 Å². The molecular weight excluding hydrogens is 418 g/mol. The normalized spacial score (nSPS) is 10.4. The number of nitrogens with zero attached hydrogens (tertiary/aromatic N) is 2. The van der Waals surface area contributed by atoms with Gasteiger partial charge in [-0.15, -0.1) is 0 Å². The molecule has 1 aromatic heterocycles. The molecule has 2 rings (SSSR count). The lowest BCUT2D eigenvalue weighted by atomic mass is 10.1. The van der Waals surface area contributed by atoms with E-state index >= 15 is 0 Å². The van der Waals surface area contributed by atoms with Gasteiger partial charge in [-0.05, 0) is 31.8 Å². The van der Waals surface area contributed by atoms with Gasteiger partial charge in [0.1, 0.15) is 5.82 Å². The molecule has 0 radical (unpaired) electrons. The van der Waals surface area contributed by atoms with Crippen molar-refractivity contribution in [2.24, 2.45) is 0 Å². The third kappa shape index (κ3) is 7.09. The molecule has 6 nitrogen and oxygen atoms in total. The topological polar surface area (TPSA) is 80.5 Å². The van der Waals surface area contributed by atoms with Crippen molar-refractivity contribution in [3.8, 4) is 17.6 Å². The Morgan fingerprint density at radius 2 is 2.14 bits per heavy atom. The number of hydrogen-bond acceptors (Lipinski definition) is 5. The van der Waals surface area contributed by atoms with E-state index in [1.54, 1.807) is 11.0 Å². The van der Waals surface area contributed by atoms with Crippen molar-refractivity contribution in [2.45, 2.75) is 6.42 Å². The fourth-order valence-electron chi connectivity index (χ4n) is 2.33. The van der Waals surface area contributed by atoms with Gasteiger partial charge in [0.05, 0.1) is 24.7 Å². The van der Waals surface area contributed by atoms with Gasteiger partial charge in [0.15, 0.2) is 11.6 Å². The predicted octanol–water partition coefficient (Wildman–Crippen LogP) is 2.76. The van der Waals surface area contributed by atoms with Crippen molar-refractivity contribution in [1.82, 2.24) is 15.2 Å². The Balaban J connectivity index is 1.95. The molecule has 0 aliphatic carbocycles. The summed E-state index contributed by atoms with van der Waals surface area (Å²) in [5.74, 6) is 5.62. The van der Waals surface area contributed by atoms with Crippen molar-refractivity contribution in [3.63, 3.8) is 0 Å². The van der Waals surface area contributed by atoms with Crippen molar-refractivity contribution < 1.29 is 13.9 Å². The lowest BCUT2D eigenvalue weighted by Crippen LogP contribution is -2.33. The molecule has 0 spiro atoms. The Morgan fingerprint density at radius 3 is 2.86 bits per heavy atom. The summed E-state index contributed by atoms with van der Waals surface area (Å²) in [6, 6.07) is 4.30. The summed E-state index contributed by atoms with van der Waals surface area (Å²) < 4.78 is 19.2. The number of halogens is 3. The predicted molar refractivity (Wildman–Crippen MR) is 113 cm³/mol. The van der Waals surface area contributed by atoms with E-state index in [0.29, 0.717) is 34.9 Å². The first kappa shape index (κ1) is 22.8. The number of rotatable bonds is 7. The molecule has 0 aliphatic heterocycles. The average Bonchev–Trinajstić information content (AvgIpc) is 2.66. The van der Waals surface area contributed by atoms with Crippen LogP contribution in [-0.4, -0.2) is 49.6 Å². The van der Waals surface area contributed by atoms with E-state index in [-0.39, 0.29) is 29.9 Å².